The van der Waals surface area contributed by atoms with E-state index in [1.165, 1.54) is 11.1 Å². The minimum Gasteiger partial charge on any atom is -0.399 e. The molecule has 3 rings (SSSR count). The van der Waals surface area contributed by atoms with Crippen LogP contribution in [0.5, 0.6) is 0 Å². The van der Waals surface area contributed by atoms with E-state index in [9.17, 15) is 4.79 Å². The first-order chi connectivity index (χ1) is 10.7. The standard InChI is InChI=1S/C18H21N3O/c19-11-15-10-18(22)21(12-15)17-7-3-14(4-8-17)9-13-1-5-16(20)6-2-13/h1-8,15H,9-12,19-20H2. The average Bonchev–Trinajstić information content (AvgIpc) is 2.91. The van der Waals surface area contributed by atoms with Crippen molar-refractivity contribution in [2.24, 2.45) is 11.7 Å². The molecule has 2 aromatic rings. The van der Waals surface area contributed by atoms with Crippen molar-refractivity contribution in [3.63, 3.8) is 0 Å². The Hall–Kier alpha value is -2.33. The number of carbonyl (C=O) groups excluding carboxylic acids is 1. The third-order valence-electron chi connectivity index (χ3n) is 4.17. The topological polar surface area (TPSA) is 72.4 Å². The number of amides is 1. The van der Waals surface area contributed by atoms with Crippen LogP contribution in [-0.4, -0.2) is 19.0 Å². The lowest BCUT2D eigenvalue weighted by molar-refractivity contribution is -0.117. The van der Waals surface area contributed by atoms with Crippen molar-refractivity contribution in [2.45, 2.75) is 12.8 Å². The Kier molecular flexibility index (Phi) is 4.11. The van der Waals surface area contributed by atoms with E-state index in [2.05, 4.69) is 12.1 Å². The van der Waals surface area contributed by atoms with E-state index in [0.29, 0.717) is 13.0 Å². The van der Waals surface area contributed by atoms with E-state index in [1.807, 2.05) is 41.3 Å². The summed E-state index contributed by atoms with van der Waals surface area (Å²) in [5.74, 6) is 0.448. The van der Waals surface area contributed by atoms with Crippen LogP contribution >= 0.6 is 0 Å². The zero-order chi connectivity index (χ0) is 15.5. The lowest BCUT2D eigenvalue weighted by atomic mass is 10.0. The molecule has 1 aliphatic rings. The van der Waals surface area contributed by atoms with Crippen LogP contribution in [0.4, 0.5) is 11.4 Å². The van der Waals surface area contributed by atoms with E-state index in [4.69, 9.17) is 11.5 Å². The second kappa shape index (κ2) is 6.20. The Balaban J connectivity index is 1.70. The lowest BCUT2D eigenvalue weighted by Crippen LogP contribution is -2.25. The van der Waals surface area contributed by atoms with E-state index >= 15 is 0 Å². The molecule has 0 bridgehead atoms. The molecule has 4 heteroatoms. The molecule has 1 fully saturated rings. The number of hydrogen-bond donors (Lipinski definition) is 2. The maximum absolute atomic E-state index is 12.0. The molecule has 1 saturated heterocycles. The zero-order valence-corrected chi connectivity index (χ0v) is 12.5. The van der Waals surface area contributed by atoms with Gasteiger partial charge >= 0.3 is 0 Å². The van der Waals surface area contributed by atoms with Gasteiger partial charge in [-0.15, -0.1) is 0 Å². The SMILES string of the molecule is NCC1CC(=O)N(c2ccc(Cc3ccc(N)cc3)cc2)C1. The van der Waals surface area contributed by atoms with Crippen molar-refractivity contribution in [2.75, 3.05) is 23.7 Å². The summed E-state index contributed by atoms with van der Waals surface area (Å²) in [6, 6.07) is 16.1. The normalized spacial score (nSPS) is 18.0. The number of hydrogen-bond acceptors (Lipinski definition) is 3. The minimum atomic E-state index is 0.168. The second-order valence-electron chi connectivity index (χ2n) is 5.90. The first-order valence-corrected chi connectivity index (χ1v) is 7.59. The highest BCUT2D eigenvalue weighted by atomic mass is 16.2. The summed E-state index contributed by atoms with van der Waals surface area (Å²) in [6.45, 7) is 1.30. The summed E-state index contributed by atoms with van der Waals surface area (Å²) in [5.41, 5.74) is 15.5. The monoisotopic (exact) mass is 295 g/mol. The van der Waals surface area contributed by atoms with Gasteiger partial charge in [0.2, 0.25) is 5.91 Å². The van der Waals surface area contributed by atoms with E-state index in [1.54, 1.807) is 0 Å². The van der Waals surface area contributed by atoms with Crippen LogP contribution < -0.4 is 16.4 Å². The van der Waals surface area contributed by atoms with Gasteiger partial charge in [-0.3, -0.25) is 4.79 Å². The van der Waals surface area contributed by atoms with Crippen molar-refractivity contribution in [1.82, 2.24) is 0 Å². The molecule has 2 aromatic carbocycles. The number of carbonyl (C=O) groups is 1. The van der Waals surface area contributed by atoms with Crippen LogP contribution in [0, 0.1) is 5.92 Å². The maximum atomic E-state index is 12.0. The van der Waals surface area contributed by atoms with Crippen LogP contribution in [0.3, 0.4) is 0 Å². The van der Waals surface area contributed by atoms with Crippen molar-refractivity contribution in [1.29, 1.82) is 0 Å². The lowest BCUT2D eigenvalue weighted by Gasteiger charge is -2.17. The van der Waals surface area contributed by atoms with Crippen LogP contribution in [0.1, 0.15) is 17.5 Å². The predicted molar refractivity (Wildman–Crippen MR) is 89.6 cm³/mol. The summed E-state index contributed by atoms with van der Waals surface area (Å²) in [7, 11) is 0. The number of nitrogens with zero attached hydrogens (tertiary/aromatic N) is 1. The third kappa shape index (κ3) is 3.12. The number of anilines is 2. The van der Waals surface area contributed by atoms with Crippen molar-refractivity contribution >= 4 is 17.3 Å². The molecule has 0 saturated carbocycles. The number of benzene rings is 2. The highest BCUT2D eigenvalue weighted by Crippen LogP contribution is 2.25. The molecule has 1 unspecified atom stereocenters. The van der Waals surface area contributed by atoms with Gasteiger partial charge in [-0.05, 0) is 54.3 Å². The van der Waals surface area contributed by atoms with Crippen molar-refractivity contribution in [3.05, 3.63) is 59.7 Å². The first kappa shape index (κ1) is 14.6. The van der Waals surface area contributed by atoms with E-state index in [-0.39, 0.29) is 11.8 Å². The Labute approximate surface area is 130 Å². The molecule has 0 radical (unpaired) electrons. The summed E-state index contributed by atoms with van der Waals surface area (Å²) in [6.07, 6.45) is 1.42. The molecular formula is C18H21N3O. The van der Waals surface area contributed by atoms with Gasteiger partial charge in [0.05, 0.1) is 0 Å². The molecule has 1 heterocycles. The molecule has 0 aromatic heterocycles. The van der Waals surface area contributed by atoms with Crippen molar-refractivity contribution < 1.29 is 4.79 Å². The number of nitrogens with two attached hydrogens (primary N) is 2. The Bertz CT molecular complexity index is 649. The smallest absolute Gasteiger partial charge is 0.227 e. The summed E-state index contributed by atoms with van der Waals surface area (Å²) in [4.78, 5) is 13.8. The van der Waals surface area contributed by atoms with Crippen LogP contribution in [0.2, 0.25) is 0 Å². The Morgan fingerprint density at radius 1 is 1.00 bits per heavy atom. The molecule has 4 N–H and O–H groups in total. The highest BCUT2D eigenvalue weighted by molar-refractivity contribution is 5.95. The van der Waals surface area contributed by atoms with Gasteiger partial charge in [0.25, 0.3) is 0 Å². The minimum absolute atomic E-state index is 0.168. The molecular weight excluding hydrogens is 274 g/mol. The Morgan fingerprint density at radius 3 is 2.14 bits per heavy atom. The quantitative estimate of drug-likeness (QED) is 0.849. The van der Waals surface area contributed by atoms with Gasteiger partial charge in [-0.2, -0.15) is 0 Å². The van der Waals surface area contributed by atoms with E-state index < -0.39 is 0 Å². The van der Waals surface area contributed by atoms with Gasteiger partial charge in [0, 0.05) is 24.3 Å². The molecule has 22 heavy (non-hydrogen) atoms. The van der Waals surface area contributed by atoms with Crippen LogP contribution in [-0.2, 0) is 11.2 Å². The summed E-state index contributed by atoms with van der Waals surface area (Å²) >= 11 is 0. The molecule has 0 spiro atoms. The molecule has 1 aliphatic heterocycles. The van der Waals surface area contributed by atoms with Gasteiger partial charge in [0.15, 0.2) is 0 Å². The Morgan fingerprint density at radius 2 is 1.59 bits per heavy atom. The molecule has 0 aliphatic carbocycles. The van der Waals surface area contributed by atoms with Crippen LogP contribution in [0.25, 0.3) is 0 Å². The largest absolute Gasteiger partial charge is 0.399 e. The highest BCUT2D eigenvalue weighted by Gasteiger charge is 2.29. The third-order valence-corrected chi connectivity index (χ3v) is 4.17. The van der Waals surface area contributed by atoms with Crippen molar-refractivity contribution in [3.8, 4) is 0 Å². The summed E-state index contributed by atoms with van der Waals surface area (Å²) < 4.78 is 0. The van der Waals surface area contributed by atoms with Gasteiger partial charge < -0.3 is 16.4 Å². The summed E-state index contributed by atoms with van der Waals surface area (Å²) in [5, 5.41) is 0. The average molecular weight is 295 g/mol. The van der Waals surface area contributed by atoms with E-state index in [0.717, 1.165) is 24.3 Å². The predicted octanol–water partition coefficient (Wildman–Crippen LogP) is 2.17. The molecule has 1 atom stereocenters. The zero-order valence-electron chi connectivity index (χ0n) is 12.5. The fourth-order valence-electron chi connectivity index (χ4n) is 2.85. The van der Waals surface area contributed by atoms with Gasteiger partial charge in [-0.1, -0.05) is 24.3 Å². The molecule has 4 nitrogen and oxygen atoms in total. The molecule has 1 amide bonds. The van der Waals surface area contributed by atoms with Gasteiger partial charge in [-0.25, -0.2) is 0 Å². The molecule has 114 valence electrons. The number of nitrogen functional groups attached to an aromatic ring is 1. The number of rotatable bonds is 4. The van der Waals surface area contributed by atoms with Gasteiger partial charge in [0.1, 0.15) is 0 Å². The van der Waals surface area contributed by atoms with Crippen LogP contribution in [0.15, 0.2) is 48.5 Å². The fraction of sp³-hybridized carbons (Fsp3) is 0.278. The fourth-order valence-corrected chi connectivity index (χ4v) is 2.85. The second-order valence-corrected chi connectivity index (χ2v) is 5.90. The first-order valence-electron chi connectivity index (χ1n) is 7.59. The maximum Gasteiger partial charge on any atom is 0.227 e.